The van der Waals surface area contributed by atoms with Gasteiger partial charge in [0.1, 0.15) is 10.6 Å². The summed E-state index contributed by atoms with van der Waals surface area (Å²) in [6, 6.07) is 13.8. The molecule has 0 saturated heterocycles. The summed E-state index contributed by atoms with van der Waals surface area (Å²) >= 11 is 0. The van der Waals surface area contributed by atoms with Crippen molar-refractivity contribution >= 4 is 21.2 Å². The summed E-state index contributed by atoms with van der Waals surface area (Å²) in [6.07, 6.45) is 1.06. The van der Waals surface area contributed by atoms with Crippen molar-refractivity contribution in [1.29, 1.82) is 0 Å². The number of hydrogen-bond donors (Lipinski definition) is 2. The summed E-state index contributed by atoms with van der Waals surface area (Å²) in [5.41, 5.74) is 1.46. The van der Waals surface area contributed by atoms with Crippen molar-refractivity contribution < 1.29 is 13.5 Å². The highest BCUT2D eigenvalue weighted by Crippen LogP contribution is 2.27. The van der Waals surface area contributed by atoms with Crippen LogP contribution in [0.25, 0.3) is 0 Å². The molecule has 0 atom stereocenters. The molecule has 0 aromatic heterocycles. The number of phenols is 1. The van der Waals surface area contributed by atoms with Crippen LogP contribution in [0.3, 0.4) is 0 Å². The number of sulfone groups is 1. The number of para-hydroxylation sites is 1. The normalized spacial score (nSPS) is 11.2. The van der Waals surface area contributed by atoms with E-state index in [1.54, 1.807) is 6.07 Å². The second kappa shape index (κ2) is 4.70. The van der Waals surface area contributed by atoms with E-state index in [4.69, 9.17) is 0 Å². The van der Waals surface area contributed by atoms with Crippen molar-refractivity contribution in [2.24, 2.45) is 0 Å². The molecule has 0 amide bonds. The van der Waals surface area contributed by atoms with Crippen LogP contribution in [0.4, 0.5) is 11.4 Å². The van der Waals surface area contributed by atoms with E-state index >= 15 is 0 Å². The van der Waals surface area contributed by atoms with E-state index < -0.39 is 9.84 Å². The molecule has 4 nitrogen and oxygen atoms in total. The van der Waals surface area contributed by atoms with Crippen molar-refractivity contribution in [1.82, 2.24) is 0 Å². The van der Waals surface area contributed by atoms with Gasteiger partial charge >= 0.3 is 0 Å². The first-order valence-electron chi connectivity index (χ1n) is 5.32. The van der Waals surface area contributed by atoms with Gasteiger partial charge in [0.15, 0.2) is 9.84 Å². The van der Waals surface area contributed by atoms with E-state index in [1.165, 1.54) is 12.1 Å². The van der Waals surface area contributed by atoms with E-state index in [1.807, 2.05) is 30.3 Å². The van der Waals surface area contributed by atoms with Crippen molar-refractivity contribution in [2.75, 3.05) is 11.6 Å². The van der Waals surface area contributed by atoms with Crippen LogP contribution in [-0.4, -0.2) is 19.8 Å². The van der Waals surface area contributed by atoms with E-state index in [2.05, 4.69) is 5.32 Å². The van der Waals surface area contributed by atoms with Crippen LogP contribution in [0.1, 0.15) is 0 Å². The molecule has 94 valence electrons. The second-order valence-electron chi connectivity index (χ2n) is 3.95. The number of nitrogens with one attached hydrogen (secondary N) is 1. The number of aromatic hydroxyl groups is 1. The Morgan fingerprint density at radius 2 is 1.67 bits per heavy atom. The summed E-state index contributed by atoms with van der Waals surface area (Å²) in [5, 5.41) is 12.6. The minimum Gasteiger partial charge on any atom is -0.507 e. The van der Waals surface area contributed by atoms with Gasteiger partial charge in [-0.1, -0.05) is 18.2 Å². The molecule has 0 unspecified atom stereocenters. The number of benzene rings is 2. The lowest BCUT2D eigenvalue weighted by Gasteiger charge is -2.09. The summed E-state index contributed by atoms with van der Waals surface area (Å²) in [7, 11) is -3.44. The fourth-order valence-corrected chi connectivity index (χ4v) is 2.37. The van der Waals surface area contributed by atoms with Crippen LogP contribution >= 0.6 is 0 Å². The maximum absolute atomic E-state index is 11.5. The molecule has 0 aliphatic carbocycles. The van der Waals surface area contributed by atoms with Gasteiger partial charge in [0, 0.05) is 17.6 Å². The maximum atomic E-state index is 11.5. The maximum Gasteiger partial charge on any atom is 0.179 e. The SMILES string of the molecule is CS(=O)(=O)c1cc(Nc2ccccc2)ccc1O. The lowest BCUT2D eigenvalue weighted by Crippen LogP contribution is -1.99. The number of phenolic OH excluding ortho intramolecular Hbond substituents is 1. The van der Waals surface area contributed by atoms with Gasteiger partial charge < -0.3 is 10.4 Å². The van der Waals surface area contributed by atoms with E-state index in [0.29, 0.717) is 5.69 Å². The van der Waals surface area contributed by atoms with Gasteiger partial charge in [-0.3, -0.25) is 0 Å². The molecule has 0 aliphatic heterocycles. The Kier molecular flexibility index (Phi) is 3.25. The first kappa shape index (κ1) is 12.4. The van der Waals surface area contributed by atoms with Crippen molar-refractivity contribution in [3.8, 4) is 5.75 Å². The average Bonchev–Trinajstić information content (AvgIpc) is 2.31. The minimum absolute atomic E-state index is 0.0802. The summed E-state index contributed by atoms with van der Waals surface area (Å²) < 4.78 is 22.9. The molecular formula is C13H13NO3S. The van der Waals surface area contributed by atoms with E-state index in [0.717, 1.165) is 11.9 Å². The Morgan fingerprint density at radius 1 is 1.00 bits per heavy atom. The lowest BCUT2D eigenvalue weighted by molar-refractivity contribution is 0.459. The Bertz CT molecular complexity index is 651. The van der Waals surface area contributed by atoms with Gasteiger partial charge in [-0.15, -0.1) is 0 Å². The molecule has 2 aromatic rings. The van der Waals surface area contributed by atoms with E-state index in [9.17, 15) is 13.5 Å². The van der Waals surface area contributed by atoms with Crippen LogP contribution in [0.15, 0.2) is 53.4 Å². The largest absolute Gasteiger partial charge is 0.507 e. The molecule has 0 radical (unpaired) electrons. The highest BCUT2D eigenvalue weighted by atomic mass is 32.2. The van der Waals surface area contributed by atoms with Gasteiger partial charge in [-0.25, -0.2) is 8.42 Å². The molecule has 0 bridgehead atoms. The molecule has 0 spiro atoms. The Balaban J connectivity index is 2.37. The van der Waals surface area contributed by atoms with Crippen molar-refractivity contribution in [3.05, 3.63) is 48.5 Å². The molecule has 2 aromatic carbocycles. The smallest absolute Gasteiger partial charge is 0.179 e. The topological polar surface area (TPSA) is 66.4 Å². The molecule has 2 rings (SSSR count). The molecule has 0 heterocycles. The zero-order valence-electron chi connectivity index (χ0n) is 9.79. The van der Waals surface area contributed by atoms with Gasteiger partial charge in [0.2, 0.25) is 0 Å². The second-order valence-corrected chi connectivity index (χ2v) is 5.93. The third-order valence-corrected chi connectivity index (χ3v) is 3.55. The molecule has 5 heteroatoms. The van der Waals surface area contributed by atoms with Gasteiger partial charge in [-0.2, -0.15) is 0 Å². The molecule has 2 N–H and O–H groups in total. The molecule has 0 fully saturated rings. The number of hydrogen-bond acceptors (Lipinski definition) is 4. The van der Waals surface area contributed by atoms with Crippen molar-refractivity contribution in [3.63, 3.8) is 0 Å². The molecule has 18 heavy (non-hydrogen) atoms. The van der Waals surface area contributed by atoms with Crippen molar-refractivity contribution in [2.45, 2.75) is 4.90 Å². The first-order chi connectivity index (χ1) is 8.47. The third kappa shape index (κ3) is 2.81. The van der Waals surface area contributed by atoms with Crippen LogP contribution in [0.2, 0.25) is 0 Å². The third-order valence-electron chi connectivity index (χ3n) is 2.42. The predicted molar refractivity (Wildman–Crippen MR) is 70.9 cm³/mol. The Labute approximate surface area is 106 Å². The van der Waals surface area contributed by atoms with Crippen LogP contribution in [0, 0.1) is 0 Å². The van der Waals surface area contributed by atoms with Gasteiger partial charge in [-0.05, 0) is 30.3 Å². The van der Waals surface area contributed by atoms with E-state index in [-0.39, 0.29) is 10.6 Å². The van der Waals surface area contributed by atoms with Crippen LogP contribution < -0.4 is 5.32 Å². The summed E-state index contributed by atoms with van der Waals surface area (Å²) in [5.74, 6) is -0.240. The number of rotatable bonds is 3. The highest BCUT2D eigenvalue weighted by molar-refractivity contribution is 7.90. The van der Waals surface area contributed by atoms with Gasteiger partial charge in [0.05, 0.1) is 0 Å². The first-order valence-corrected chi connectivity index (χ1v) is 7.21. The molecular weight excluding hydrogens is 250 g/mol. The zero-order chi connectivity index (χ0) is 13.2. The predicted octanol–water partition coefficient (Wildman–Crippen LogP) is 2.54. The molecule has 0 aliphatic rings. The standard InChI is InChI=1S/C13H13NO3S/c1-18(16,17)13-9-11(7-8-12(13)15)14-10-5-3-2-4-6-10/h2-9,14-15H,1H3. The average molecular weight is 263 g/mol. The Hall–Kier alpha value is -2.01. The van der Waals surface area contributed by atoms with Crippen LogP contribution in [0.5, 0.6) is 5.75 Å². The number of anilines is 2. The fourth-order valence-electron chi connectivity index (χ4n) is 1.58. The summed E-state index contributed by atoms with van der Waals surface area (Å²) in [6.45, 7) is 0. The monoisotopic (exact) mass is 263 g/mol. The Morgan fingerprint density at radius 3 is 2.28 bits per heavy atom. The minimum atomic E-state index is -3.44. The molecule has 0 saturated carbocycles. The van der Waals surface area contributed by atoms with Gasteiger partial charge in [0.25, 0.3) is 0 Å². The quantitative estimate of drug-likeness (QED) is 0.835. The summed E-state index contributed by atoms with van der Waals surface area (Å²) in [4.78, 5) is -0.0802. The highest BCUT2D eigenvalue weighted by Gasteiger charge is 2.13. The lowest BCUT2D eigenvalue weighted by atomic mass is 10.2. The fraction of sp³-hybridized carbons (Fsp3) is 0.0769. The zero-order valence-corrected chi connectivity index (χ0v) is 10.6. The van der Waals surface area contributed by atoms with Crippen LogP contribution in [-0.2, 0) is 9.84 Å².